The quantitative estimate of drug-likeness (QED) is 0.503. The molecular weight excluding hydrogens is 181 g/mol. The van der Waals surface area contributed by atoms with Crippen molar-refractivity contribution in [1.82, 2.24) is 4.90 Å². The van der Waals surface area contributed by atoms with Gasteiger partial charge in [-0.1, -0.05) is 6.92 Å². The summed E-state index contributed by atoms with van der Waals surface area (Å²) in [6.45, 7) is 10.3. The van der Waals surface area contributed by atoms with Crippen LogP contribution in [0.5, 0.6) is 0 Å². The lowest BCUT2D eigenvalue weighted by atomic mass is 9.99. The summed E-state index contributed by atoms with van der Waals surface area (Å²) in [5, 5.41) is 0. The minimum absolute atomic E-state index is 0.229. The monoisotopic (exact) mass is 197 g/mol. The number of hydrogen-bond acceptors (Lipinski definition) is 3. The minimum atomic E-state index is -0.630. The first-order valence-corrected chi connectivity index (χ1v) is 4.77. The summed E-state index contributed by atoms with van der Waals surface area (Å²) in [6, 6.07) is 0. The molecule has 0 saturated carbocycles. The number of rotatable bonds is 3. The lowest BCUT2D eigenvalue weighted by Gasteiger charge is -2.31. The van der Waals surface area contributed by atoms with Crippen LogP contribution in [0.1, 0.15) is 19.8 Å². The van der Waals surface area contributed by atoms with Crippen LogP contribution >= 0.6 is 0 Å². The first kappa shape index (κ1) is 10.9. The molecule has 0 aliphatic carbocycles. The van der Waals surface area contributed by atoms with E-state index in [4.69, 9.17) is 0 Å². The van der Waals surface area contributed by atoms with Gasteiger partial charge in [0.25, 0.3) is 5.95 Å². The molecule has 1 rings (SSSR count). The summed E-state index contributed by atoms with van der Waals surface area (Å²) in [5.74, 6) is 0.304. The third-order valence-electron chi connectivity index (χ3n) is 2.56. The molecule has 1 heterocycles. The third-order valence-corrected chi connectivity index (χ3v) is 2.56. The van der Waals surface area contributed by atoms with Crippen molar-refractivity contribution in [3.63, 3.8) is 0 Å². The molecule has 0 aromatic carbocycles. The molecule has 1 fully saturated rings. The van der Waals surface area contributed by atoms with Crippen molar-refractivity contribution < 1.29 is 4.39 Å². The second kappa shape index (κ2) is 4.88. The molecule has 1 saturated heterocycles. The van der Waals surface area contributed by atoms with Crippen LogP contribution in [0, 0.1) is 5.92 Å². The largest absolute Gasteiger partial charge is 0.353 e. The van der Waals surface area contributed by atoms with Gasteiger partial charge in [0.1, 0.15) is 0 Å². The van der Waals surface area contributed by atoms with Crippen LogP contribution in [0.15, 0.2) is 21.8 Å². The first-order chi connectivity index (χ1) is 6.69. The molecule has 0 atom stereocenters. The van der Waals surface area contributed by atoms with Gasteiger partial charge in [-0.15, -0.1) is 0 Å². The molecule has 1 aliphatic heterocycles. The van der Waals surface area contributed by atoms with E-state index in [0.29, 0.717) is 5.92 Å². The van der Waals surface area contributed by atoms with Crippen LogP contribution in [0.2, 0.25) is 0 Å². The summed E-state index contributed by atoms with van der Waals surface area (Å²) >= 11 is 0. The zero-order valence-corrected chi connectivity index (χ0v) is 8.54. The molecule has 14 heavy (non-hydrogen) atoms. The van der Waals surface area contributed by atoms with Crippen LogP contribution in [0.25, 0.3) is 0 Å². The number of piperidine rings is 1. The van der Waals surface area contributed by atoms with Crippen molar-refractivity contribution in [3.8, 4) is 0 Å². The Bertz CT molecular complexity index is 252. The lowest BCUT2D eigenvalue weighted by Crippen LogP contribution is -2.32. The van der Waals surface area contributed by atoms with Gasteiger partial charge in [0, 0.05) is 13.1 Å². The van der Waals surface area contributed by atoms with E-state index in [9.17, 15) is 4.39 Å². The van der Waals surface area contributed by atoms with E-state index in [0.717, 1.165) is 25.9 Å². The van der Waals surface area contributed by atoms with Gasteiger partial charge in [0.05, 0.1) is 0 Å². The standard InChI is InChI=1S/C10H16FN3/c1-8-4-6-14(7-5-8)10(13-3)9(11)12-2/h8H,2-7H2,1H3/b10-9+. The van der Waals surface area contributed by atoms with Gasteiger partial charge >= 0.3 is 0 Å². The van der Waals surface area contributed by atoms with E-state index in [2.05, 4.69) is 30.3 Å². The van der Waals surface area contributed by atoms with Gasteiger partial charge in [-0.05, 0) is 32.2 Å². The maximum absolute atomic E-state index is 13.2. The van der Waals surface area contributed by atoms with Gasteiger partial charge in [0.2, 0.25) is 0 Å². The number of aliphatic imine (C=N–C) groups is 2. The van der Waals surface area contributed by atoms with Crippen LogP contribution < -0.4 is 0 Å². The highest BCUT2D eigenvalue weighted by Crippen LogP contribution is 2.22. The Morgan fingerprint density at radius 3 is 2.29 bits per heavy atom. The van der Waals surface area contributed by atoms with Gasteiger partial charge < -0.3 is 4.90 Å². The maximum Gasteiger partial charge on any atom is 0.255 e. The molecule has 1 aliphatic rings. The maximum atomic E-state index is 13.2. The zero-order valence-electron chi connectivity index (χ0n) is 8.54. The predicted molar refractivity (Wildman–Crippen MR) is 57.2 cm³/mol. The van der Waals surface area contributed by atoms with Crippen LogP contribution in [-0.2, 0) is 0 Å². The van der Waals surface area contributed by atoms with Crippen molar-refractivity contribution in [2.45, 2.75) is 19.8 Å². The predicted octanol–water partition coefficient (Wildman–Crippen LogP) is 2.22. The van der Waals surface area contributed by atoms with E-state index in [1.165, 1.54) is 0 Å². The lowest BCUT2D eigenvalue weighted by molar-refractivity contribution is 0.229. The molecule has 0 bridgehead atoms. The molecule has 0 aromatic rings. The Morgan fingerprint density at radius 2 is 1.86 bits per heavy atom. The van der Waals surface area contributed by atoms with Gasteiger partial charge in [-0.2, -0.15) is 4.39 Å². The van der Waals surface area contributed by atoms with Crippen molar-refractivity contribution in [3.05, 3.63) is 11.8 Å². The highest BCUT2D eigenvalue weighted by Gasteiger charge is 2.19. The topological polar surface area (TPSA) is 28.0 Å². The molecule has 0 radical (unpaired) electrons. The molecule has 4 heteroatoms. The molecule has 0 aromatic heterocycles. The number of hydrogen-bond donors (Lipinski definition) is 0. The van der Waals surface area contributed by atoms with Crippen molar-refractivity contribution in [2.75, 3.05) is 13.1 Å². The third kappa shape index (κ3) is 2.40. The van der Waals surface area contributed by atoms with Gasteiger partial charge in [-0.25, -0.2) is 9.98 Å². The molecule has 0 spiro atoms. The normalized spacial score (nSPS) is 20.3. The Balaban J connectivity index is 2.72. The number of nitrogens with zero attached hydrogens (tertiary/aromatic N) is 3. The van der Waals surface area contributed by atoms with Crippen molar-refractivity contribution in [1.29, 1.82) is 0 Å². The number of halogens is 1. The fraction of sp³-hybridized carbons (Fsp3) is 0.600. The van der Waals surface area contributed by atoms with Gasteiger partial charge in [0.15, 0.2) is 5.82 Å². The second-order valence-electron chi connectivity index (χ2n) is 3.60. The number of likely N-dealkylation sites (tertiary alicyclic amines) is 1. The fourth-order valence-electron chi connectivity index (χ4n) is 1.59. The molecule has 0 N–H and O–H groups in total. The van der Waals surface area contributed by atoms with E-state index >= 15 is 0 Å². The summed E-state index contributed by atoms with van der Waals surface area (Å²) in [7, 11) is 0. The Morgan fingerprint density at radius 1 is 1.29 bits per heavy atom. The molecular formula is C10H16FN3. The van der Waals surface area contributed by atoms with E-state index in [-0.39, 0.29) is 5.82 Å². The zero-order chi connectivity index (χ0) is 10.6. The fourth-order valence-corrected chi connectivity index (χ4v) is 1.59. The summed E-state index contributed by atoms with van der Waals surface area (Å²) in [4.78, 5) is 8.77. The Kier molecular flexibility index (Phi) is 3.80. The van der Waals surface area contributed by atoms with Crippen LogP contribution in [0.4, 0.5) is 4.39 Å². The molecule has 0 unspecified atom stereocenters. The summed E-state index contributed by atoms with van der Waals surface area (Å²) < 4.78 is 13.2. The second-order valence-corrected chi connectivity index (χ2v) is 3.60. The molecule has 78 valence electrons. The average molecular weight is 197 g/mol. The van der Waals surface area contributed by atoms with Crippen LogP contribution in [-0.4, -0.2) is 31.4 Å². The highest BCUT2D eigenvalue weighted by molar-refractivity contribution is 5.32. The highest BCUT2D eigenvalue weighted by atomic mass is 19.1. The molecule has 0 amide bonds. The summed E-state index contributed by atoms with van der Waals surface area (Å²) in [6.07, 6.45) is 2.12. The average Bonchev–Trinajstić information content (AvgIpc) is 2.21. The smallest absolute Gasteiger partial charge is 0.255 e. The summed E-state index contributed by atoms with van der Waals surface area (Å²) in [5.41, 5.74) is 0. The van der Waals surface area contributed by atoms with E-state index in [1.807, 2.05) is 4.90 Å². The van der Waals surface area contributed by atoms with Crippen molar-refractivity contribution in [2.24, 2.45) is 15.9 Å². The Hall–Kier alpha value is -1.19. The minimum Gasteiger partial charge on any atom is -0.353 e. The van der Waals surface area contributed by atoms with Crippen molar-refractivity contribution >= 4 is 13.4 Å². The Labute approximate surface area is 84.0 Å². The first-order valence-electron chi connectivity index (χ1n) is 4.77. The SMILES string of the molecule is C=N/C(F)=C(\N=C)N1CCC(C)CC1. The molecule has 3 nitrogen and oxygen atoms in total. The van der Waals surface area contributed by atoms with Gasteiger partial charge in [-0.3, -0.25) is 0 Å². The van der Waals surface area contributed by atoms with E-state index in [1.54, 1.807) is 0 Å². The van der Waals surface area contributed by atoms with Crippen LogP contribution in [0.3, 0.4) is 0 Å². The van der Waals surface area contributed by atoms with E-state index < -0.39 is 5.95 Å².